The zero-order chi connectivity index (χ0) is 11.4. The fourth-order valence-corrected chi connectivity index (χ4v) is 1.26. The number of rotatable bonds is 3. The van der Waals surface area contributed by atoms with Crippen molar-refractivity contribution in [3.8, 4) is 0 Å². The number of hydrogen-bond donors (Lipinski definition) is 1. The third-order valence-corrected chi connectivity index (χ3v) is 2.13. The molecule has 0 aliphatic carbocycles. The molecule has 1 heterocycles. The van der Waals surface area contributed by atoms with Crippen LogP contribution in [0.1, 0.15) is 12.0 Å². The van der Waals surface area contributed by atoms with Crippen molar-refractivity contribution in [3.63, 3.8) is 0 Å². The van der Waals surface area contributed by atoms with Crippen molar-refractivity contribution in [2.24, 2.45) is 0 Å². The van der Waals surface area contributed by atoms with Crippen LogP contribution in [0.5, 0.6) is 0 Å². The van der Waals surface area contributed by atoms with E-state index in [1.54, 1.807) is 0 Å². The van der Waals surface area contributed by atoms with Crippen LogP contribution in [0, 0.1) is 0 Å². The minimum Gasteiger partial charge on any atom is -0.429 e. The highest BCUT2D eigenvalue weighted by Gasteiger charge is 2.29. The second-order valence-corrected chi connectivity index (χ2v) is 3.40. The Morgan fingerprint density at radius 3 is 2.69 bits per heavy atom. The number of ether oxygens (including phenoxy) is 2. The zero-order valence-electron chi connectivity index (χ0n) is 8.51. The maximum absolute atomic E-state index is 11.1. The number of carbonyl (C=O) groups excluding carboxylic acids is 2. The molecule has 0 saturated carbocycles. The lowest BCUT2D eigenvalue weighted by molar-refractivity contribution is -0.137. The molecule has 16 heavy (non-hydrogen) atoms. The second-order valence-electron chi connectivity index (χ2n) is 3.40. The van der Waals surface area contributed by atoms with Gasteiger partial charge in [-0.05, 0) is 5.56 Å². The van der Waals surface area contributed by atoms with Crippen LogP contribution in [0.3, 0.4) is 0 Å². The lowest BCUT2D eigenvalue weighted by Crippen LogP contribution is -2.50. The van der Waals surface area contributed by atoms with Gasteiger partial charge in [0.1, 0.15) is 6.61 Å². The van der Waals surface area contributed by atoms with E-state index in [-0.39, 0.29) is 18.9 Å². The molecule has 0 radical (unpaired) electrons. The summed E-state index contributed by atoms with van der Waals surface area (Å²) in [5, 5.41) is 2.41. The largest absolute Gasteiger partial charge is 0.510 e. The fraction of sp³-hybridized carbons (Fsp3) is 0.273. The highest BCUT2D eigenvalue weighted by atomic mass is 16.7. The van der Waals surface area contributed by atoms with Gasteiger partial charge in [-0.25, -0.2) is 4.79 Å². The Hall–Kier alpha value is -2.04. The van der Waals surface area contributed by atoms with Gasteiger partial charge in [-0.15, -0.1) is 0 Å². The molecule has 1 atom stereocenters. The number of β-lactam (4-membered cyclic amide) rings is 1. The van der Waals surface area contributed by atoms with Gasteiger partial charge in [0.15, 0.2) is 6.23 Å². The van der Waals surface area contributed by atoms with Crippen LogP contribution in [0.25, 0.3) is 0 Å². The van der Waals surface area contributed by atoms with Gasteiger partial charge in [-0.1, -0.05) is 30.3 Å². The van der Waals surface area contributed by atoms with Gasteiger partial charge in [0.2, 0.25) is 5.91 Å². The van der Waals surface area contributed by atoms with Gasteiger partial charge in [0.05, 0.1) is 6.42 Å². The van der Waals surface area contributed by atoms with Crippen LogP contribution >= 0.6 is 0 Å². The lowest BCUT2D eigenvalue weighted by Gasteiger charge is -2.25. The van der Waals surface area contributed by atoms with Gasteiger partial charge in [-0.3, -0.25) is 4.79 Å². The standard InChI is InChI=1S/C11H11NO4/c13-9-6-10(12-9)16-11(14)15-7-8-4-2-1-3-5-8/h1-5,10H,6-7H2,(H,12,13)/t10-/m0/s1. The summed E-state index contributed by atoms with van der Waals surface area (Å²) in [6, 6.07) is 9.29. The summed E-state index contributed by atoms with van der Waals surface area (Å²) in [6.07, 6.45) is -1.09. The van der Waals surface area contributed by atoms with Crippen molar-refractivity contribution in [3.05, 3.63) is 35.9 Å². The molecule has 1 saturated heterocycles. The average Bonchev–Trinajstić information content (AvgIpc) is 2.26. The number of carbonyl (C=O) groups is 2. The predicted octanol–water partition coefficient (Wildman–Crippen LogP) is 1.19. The minimum absolute atomic E-state index is 0.124. The molecule has 5 nitrogen and oxygen atoms in total. The minimum atomic E-state index is -0.770. The monoisotopic (exact) mass is 221 g/mol. The van der Waals surface area contributed by atoms with Crippen LogP contribution in [-0.4, -0.2) is 18.3 Å². The van der Waals surface area contributed by atoms with E-state index in [1.165, 1.54) is 0 Å². The molecule has 1 amide bonds. The highest BCUT2D eigenvalue weighted by molar-refractivity contribution is 5.82. The van der Waals surface area contributed by atoms with Gasteiger partial charge in [-0.2, -0.15) is 0 Å². The van der Waals surface area contributed by atoms with E-state index in [0.29, 0.717) is 0 Å². The highest BCUT2D eigenvalue weighted by Crippen LogP contribution is 2.08. The lowest BCUT2D eigenvalue weighted by atomic mass is 10.2. The van der Waals surface area contributed by atoms with E-state index < -0.39 is 12.4 Å². The normalized spacial score (nSPS) is 18.2. The molecule has 1 aromatic carbocycles. The van der Waals surface area contributed by atoms with Gasteiger partial charge >= 0.3 is 6.16 Å². The zero-order valence-corrected chi connectivity index (χ0v) is 8.51. The van der Waals surface area contributed by atoms with Crippen LogP contribution in [0.2, 0.25) is 0 Å². The van der Waals surface area contributed by atoms with Crippen molar-refractivity contribution in [2.75, 3.05) is 0 Å². The summed E-state index contributed by atoms with van der Waals surface area (Å²) in [6.45, 7) is 0.167. The van der Waals surface area contributed by atoms with Gasteiger partial charge in [0.25, 0.3) is 0 Å². The van der Waals surface area contributed by atoms with Crippen LogP contribution in [0.15, 0.2) is 30.3 Å². The molecule has 1 aliphatic heterocycles. The van der Waals surface area contributed by atoms with E-state index in [4.69, 9.17) is 9.47 Å². The van der Waals surface area contributed by atoms with Crippen molar-refractivity contribution in [2.45, 2.75) is 19.3 Å². The number of hydrogen-bond acceptors (Lipinski definition) is 4. The van der Waals surface area contributed by atoms with Crippen LogP contribution < -0.4 is 5.32 Å². The maximum atomic E-state index is 11.1. The van der Waals surface area contributed by atoms with Crippen molar-refractivity contribution < 1.29 is 19.1 Å². The third-order valence-electron chi connectivity index (χ3n) is 2.13. The summed E-state index contributed by atoms with van der Waals surface area (Å²) >= 11 is 0. The van der Waals surface area contributed by atoms with E-state index >= 15 is 0 Å². The number of amides is 1. The molecule has 1 fully saturated rings. The molecule has 0 aromatic heterocycles. The second kappa shape index (κ2) is 4.65. The number of nitrogens with one attached hydrogen (secondary N) is 1. The smallest absolute Gasteiger partial charge is 0.429 e. The molecule has 1 N–H and O–H groups in total. The molecular formula is C11H11NO4. The first-order valence-corrected chi connectivity index (χ1v) is 4.91. The molecule has 1 aromatic rings. The Kier molecular flexibility index (Phi) is 3.05. The number of benzene rings is 1. The molecule has 2 rings (SSSR count). The molecular weight excluding hydrogens is 210 g/mol. The van der Waals surface area contributed by atoms with Crippen molar-refractivity contribution in [1.82, 2.24) is 5.32 Å². The van der Waals surface area contributed by atoms with E-state index in [9.17, 15) is 9.59 Å². The van der Waals surface area contributed by atoms with Gasteiger partial charge < -0.3 is 14.8 Å². The Balaban J connectivity index is 1.70. The molecule has 0 unspecified atom stereocenters. The molecule has 1 aliphatic rings. The third kappa shape index (κ3) is 2.73. The van der Waals surface area contributed by atoms with Gasteiger partial charge in [0, 0.05) is 0 Å². The Labute approximate surface area is 92.4 Å². The van der Waals surface area contributed by atoms with Crippen LogP contribution in [-0.2, 0) is 20.9 Å². The first-order valence-electron chi connectivity index (χ1n) is 4.91. The van der Waals surface area contributed by atoms with Crippen LogP contribution in [0.4, 0.5) is 4.79 Å². The van der Waals surface area contributed by atoms with E-state index in [0.717, 1.165) is 5.56 Å². The molecule has 84 valence electrons. The van der Waals surface area contributed by atoms with E-state index in [2.05, 4.69) is 5.32 Å². The van der Waals surface area contributed by atoms with Crippen molar-refractivity contribution in [1.29, 1.82) is 0 Å². The Morgan fingerprint density at radius 1 is 1.38 bits per heavy atom. The molecule has 0 spiro atoms. The first kappa shape index (κ1) is 10.5. The summed E-state index contributed by atoms with van der Waals surface area (Å²) in [7, 11) is 0. The maximum Gasteiger partial charge on any atom is 0.510 e. The Morgan fingerprint density at radius 2 is 2.06 bits per heavy atom. The Bertz CT molecular complexity index is 382. The first-order chi connectivity index (χ1) is 7.74. The topological polar surface area (TPSA) is 64.6 Å². The predicted molar refractivity (Wildman–Crippen MR) is 54.3 cm³/mol. The summed E-state index contributed by atoms with van der Waals surface area (Å²) in [5.74, 6) is -0.124. The summed E-state index contributed by atoms with van der Waals surface area (Å²) in [4.78, 5) is 21.7. The average molecular weight is 221 g/mol. The summed E-state index contributed by atoms with van der Waals surface area (Å²) < 4.78 is 9.64. The SMILES string of the molecule is O=C1C[C@H](OC(=O)OCc2ccccc2)N1. The quantitative estimate of drug-likeness (QED) is 0.615. The van der Waals surface area contributed by atoms with E-state index in [1.807, 2.05) is 30.3 Å². The fourth-order valence-electron chi connectivity index (χ4n) is 1.26. The molecule has 0 bridgehead atoms. The molecule has 5 heteroatoms. The van der Waals surface area contributed by atoms with Crippen molar-refractivity contribution >= 4 is 12.1 Å². The summed E-state index contributed by atoms with van der Waals surface area (Å²) in [5.41, 5.74) is 0.886.